The topological polar surface area (TPSA) is 26.3 Å². The molecule has 1 aromatic carbocycles. The monoisotopic (exact) mass is 334 g/mol. The van der Waals surface area contributed by atoms with Crippen molar-refractivity contribution in [3.05, 3.63) is 30.3 Å². The van der Waals surface area contributed by atoms with Crippen molar-refractivity contribution in [1.82, 2.24) is 0 Å². The van der Waals surface area contributed by atoms with E-state index < -0.39 is 0 Å². The summed E-state index contributed by atoms with van der Waals surface area (Å²) < 4.78 is 6.32. The number of carbonyl (C=O) groups excluding carboxylic acids is 1. The Morgan fingerprint density at radius 1 is 1.33 bits per heavy atom. The number of carbonyl (C=O) groups is 1. The van der Waals surface area contributed by atoms with E-state index in [9.17, 15) is 4.79 Å². The van der Waals surface area contributed by atoms with Crippen molar-refractivity contribution < 1.29 is 9.53 Å². The second-order valence-electron chi connectivity index (χ2n) is 3.91. The molecular formula is C14H19ClO2Se. The van der Waals surface area contributed by atoms with Crippen LogP contribution in [0.15, 0.2) is 30.3 Å². The van der Waals surface area contributed by atoms with E-state index in [-0.39, 0.29) is 31.1 Å². The molecule has 0 saturated carbocycles. The molecule has 0 fully saturated rings. The summed E-state index contributed by atoms with van der Waals surface area (Å²) in [4.78, 5) is 11.8. The Kier molecular flexibility index (Phi) is 7.41. The van der Waals surface area contributed by atoms with E-state index in [1.807, 2.05) is 37.3 Å². The number of benzene rings is 1. The third kappa shape index (κ3) is 5.01. The minimum absolute atomic E-state index is 0.0229. The van der Waals surface area contributed by atoms with Gasteiger partial charge in [-0.05, 0) is 0 Å². The van der Waals surface area contributed by atoms with Crippen LogP contribution in [-0.4, -0.2) is 32.9 Å². The Labute approximate surface area is 120 Å². The molecule has 0 bridgehead atoms. The third-order valence-electron chi connectivity index (χ3n) is 2.42. The average molecular weight is 334 g/mol. The van der Waals surface area contributed by atoms with Crippen molar-refractivity contribution in [2.24, 2.45) is 0 Å². The number of rotatable bonds is 7. The van der Waals surface area contributed by atoms with Gasteiger partial charge in [-0.2, -0.15) is 0 Å². The fourth-order valence-corrected chi connectivity index (χ4v) is 4.37. The molecule has 0 aromatic heterocycles. The number of alkyl halides is 1. The zero-order valence-corrected chi connectivity index (χ0v) is 13.2. The van der Waals surface area contributed by atoms with Gasteiger partial charge in [-0.15, -0.1) is 0 Å². The molecule has 0 aliphatic heterocycles. The van der Waals surface area contributed by atoms with Crippen molar-refractivity contribution in [2.75, 3.05) is 6.61 Å². The van der Waals surface area contributed by atoms with E-state index in [0.717, 1.165) is 12.8 Å². The summed E-state index contributed by atoms with van der Waals surface area (Å²) >= 11 is 6.37. The standard InChI is InChI=1S/C14H19ClO2Se/c1-3-8-12(15)13(14(16)17-4-2)18-11-9-6-5-7-10-11/h5-7,9-10,12-13H,3-4,8H2,1-2H3. The average Bonchev–Trinajstić information content (AvgIpc) is 2.37. The molecule has 1 aromatic rings. The number of halogens is 1. The summed E-state index contributed by atoms with van der Waals surface area (Å²) in [7, 11) is 0. The number of ether oxygens (including phenoxy) is 1. The quantitative estimate of drug-likeness (QED) is 0.436. The molecule has 1 rings (SSSR count). The number of hydrogen-bond donors (Lipinski definition) is 0. The van der Waals surface area contributed by atoms with E-state index in [2.05, 4.69) is 6.92 Å². The summed E-state index contributed by atoms with van der Waals surface area (Å²) in [6, 6.07) is 10.0. The van der Waals surface area contributed by atoms with E-state index in [1.165, 1.54) is 4.46 Å². The van der Waals surface area contributed by atoms with Crippen molar-refractivity contribution in [3.8, 4) is 0 Å². The van der Waals surface area contributed by atoms with Crippen LogP contribution in [-0.2, 0) is 9.53 Å². The van der Waals surface area contributed by atoms with Crippen LogP contribution in [0.2, 0.25) is 4.82 Å². The fraction of sp³-hybridized carbons (Fsp3) is 0.500. The molecule has 18 heavy (non-hydrogen) atoms. The molecule has 2 atom stereocenters. The molecule has 2 nitrogen and oxygen atoms in total. The predicted molar refractivity (Wildman–Crippen MR) is 76.8 cm³/mol. The SMILES string of the molecule is CCCC(Cl)C([Se]c1ccccc1)C(=O)OCC. The van der Waals surface area contributed by atoms with Gasteiger partial charge >= 0.3 is 120 Å². The first-order chi connectivity index (χ1) is 8.69. The van der Waals surface area contributed by atoms with Gasteiger partial charge in [-0.3, -0.25) is 0 Å². The second-order valence-corrected chi connectivity index (χ2v) is 7.02. The zero-order valence-electron chi connectivity index (χ0n) is 10.8. The molecule has 0 radical (unpaired) electrons. The van der Waals surface area contributed by atoms with Crippen LogP contribution in [0.1, 0.15) is 26.7 Å². The maximum absolute atomic E-state index is 12.0. The first-order valence-electron chi connectivity index (χ1n) is 6.21. The van der Waals surface area contributed by atoms with Gasteiger partial charge < -0.3 is 0 Å². The van der Waals surface area contributed by atoms with Gasteiger partial charge in [0, 0.05) is 0 Å². The molecule has 4 heteroatoms. The third-order valence-corrected chi connectivity index (χ3v) is 6.00. The van der Waals surface area contributed by atoms with Gasteiger partial charge in [0.15, 0.2) is 0 Å². The Hall–Kier alpha value is -0.501. The summed E-state index contributed by atoms with van der Waals surface area (Å²) in [6.45, 7) is 4.32. The van der Waals surface area contributed by atoms with Gasteiger partial charge in [-0.25, -0.2) is 0 Å². The number of esters is 1. The van der Waals surface area contributed by atoms with Crippen molar-refractivity contribution in [1.29, 1.82) is 0 Å². The van der Waals surface area contributed by atoms with E-state index >= 15 is 0 Å². The van der Waals surface area contributed by atoms with Gasteiger partial charge in [0.1, 0.15) is 0 Å². The molecule has 2 unspecified atom stereocenters. The van der Waals surface area contributed by atoms with Crippen LogP contribution in [0.3, 0.4) is 0 Å². The Bertz CT molecular complexity index is 356. The van der Waals surface area contributed by atoms with Crippen molar-refractivity contribution in [3.63, 3.8) is 0 Å². The maximum atomic E-state index is 12.0. The van der Waals surface area contributed by atoms with Gasteiger partial charge in [0.2, 0.25) is 0 Å². The molecule has 0 spiro atoms. The second kappa shape index (κ2) is 8.58. The van der Waals surface area contributed by atoms with Gasteiger partial charge in [0.25, 0.3) is 0 Å². The van der Waals surface area contributed by atoms with Crippen LogP contribution < -0.4 is 4.46 Å². The van der Waals surface area contributed by atoms with Crippen LogP contribution in [0.25, 0.3) is 0 Å². The molecule has 0 N–H and O–H groups in total. The van der Waals surface area contributed by atoms with Crippen molar-refractivity contribution >= 4 is 37.0 Å². The minimum atomic E-state index is -0.193. The number of hydrogen-bond acceptors (Lipinski definition) is 2. The first-order valence-corrected chi connectivity index (χ1v) is 8.49. The molecule has 0 amide bonds. The van der Waals surface area contributed by atoms with Crippen molar-refractivity contribution in [2.45, 2.75) is 36.9 Å². The Morgan fingerprint density at radius 3 is 2.56 bits per heavy atom. The molecule has 0 saturated heterocycles. The fourth-order valence-electron chi connectivity index (χ4n) is 1.57. The van der Waals surface area contributed by atoms with Crippen LogP contribution in [0.5, 0.6) is 0 Å². The molecule has 0 aliphatic carbocycles. The van der Waals surface area contributed by atoms with E-state index in [4.69, 9.17) is 16.3 Å². The molecule has 0 aliphatic rings. The Morgan fingerprint density at radius 2 is 2.00 bits per heavy atom. The van der Waals surface area contributed by atoms with Gasteiger partial charge in [-0.1, -0.05) is 0 Å². The van der Waals surface area contributed by atoms with Crippen LogP contribution in [0, 0.1) is 0 Å². The summed E-state index contributed by atoms with van der Waals surface area (Å²) in [5.74, 6) is -0.158. The Balaban J connectivity index is 2.74. The summed E-state index contributed by atoms with van der Waals surface area (Å²) in [6.07, 6.45) is 1.83. The normalized spacial score (nSPS) is 13.9. The van der Waals surface area contributed by atoms with Gasteiger partial charge in [0.05, 0.1) is 0 Å². The molecular weight excluding hydrogens is 315 g/mol. The van der Waals surface area contributed by atoms with Crippen LogP contribution >= 0.6 is 11.6 Å². The van der Waals surface area contributed by atoms with E-state index in [0.29, 0.717) is 6.61 Å². The summed E-state index contributed by atoms with van der Waals surface area (Å²) in [5.41, 5.74) is 0. The molecule has 100 valence electrons. The van der Waals surface area contributed by atoms with Crippen LogP contribution in [0.4, 0.5) is 0 Å². The molecule has 0 heterocycles. The first kappa shape index (κ1) is 15.6. The summed E-state index contributed by atoms with van der Waals surface area (Å²) in [5, 5.41) is -0.130. The predicted octanol–water partition coefficient (Wildman–Crippen LogP) is 2.78. The zero-order chi connectivity index (χ0) is 13.4. The van der Waals surface area contributed by atoms with E-state index in [1.54, 1.807) is 0 Å².